The van der Waals surface area contributed by atoms with Crippen molar-refractivity contribution in [1.82, 2.24) is 0 Å². The molecule has 2 nitrogen and oxygen atoms in total. The van der Waals surface area contributed by atoms with Crippen LogP contribution in [0, 0.1) is 5.92 Å². The predicted octanol–water partition coefficient (Wildman–Crippen LogP) is 2.54. The van der Waals surface area contributed by atoms with Crippen LogP contribution in [0.4, 0.5) is 0 Å². The molecule has 70 valence electrons. The van der Waals surface area contributed by atoms with Crippen molar-refractivity contribution in [2.75, 3.05) is 0 Å². The van der Waals surface area contributed by atoms with Gasteiger partial charge in [0, 0.05) is 6.92 Å². The number of carbonyl (C=O) groups is 1. The first-order chi connectivity index (χ1) is 5.56. The fourth-order valence-corrected chi connectivity index (χ4v) is 1.06. The Balaban J connectivity index is 3.95. The van der Waals surface area contributed by atoms with E-state index in [0.717, 1.165) is 6.42 Å². The van der Waals surface area contributed by atoms with Crippen molar-refractivity contribution in [3.63, 3.8) is 0 Å². The van der Waals surface area contributed by atoms with Crippen LogP contribution in [0.25, 0.3) is 0 Å². The summed E-state index contributed by atoms with van der Waals surface area (Å²) in [4.78, 5) is 10.7. The Kier molecular flexibility index (Phi) is 5.43. The minimum atomic E-state index is -0.209. The van der Waals surface area contributed by atoms with Crippen molar-refractivity contribution < 1.29 is 9.53 Å². The Labute approximate surface area is 74.6 Å². The van der Waals surface area contributed by atoms with E-state index in [-0.39, 0.29) is 12.1 Å². The molecule has 0 bridgehead atoms. The van der Waals surface area contributed by atoms with Gasteiger partial charge in [0.25, 0.3) is 0 Å². The fourth-order valence-electron chi connectivity index (χ4n) is 1.06. The lowest BCUT2D eigenvalue weighted by Crippen LogP contribution is -2.15. The molecular formula is C10H18O2. The molecule has 0 saturated carbocycles. The lowest BCUT2D eigenvalue weighted by atomic mass is 10.1. The molecule has 0 radical (unpaired) electrons. The zero-order chi connectivity index (χ0) is 9.56. The topological polar surface area (TPSA) is 26.3 Å². The molecule has 0 aliphatic carbocycles. The molecule has 0 fully saturated rings. The van der Waals surface area contributed by atoms with E-state index in [0.29, 0.717) is 5.92 Å². The van der Waals surface area contributed by atoms with E-state index in [1.807, 2.05) is 19.1 Å². The summed E-state index contributed by atoms with van der Waals surface area (Å²) < 4.78 is 5.08. The normalized spacial score (nSPS) is 13.8. The van der Waals surface area contributed by atoms with E-state index in [4.69, 9.17) is 4.74 Å². The van der Waals surface area contributed by atoms with E-state index in [1.54, 1.807) is 0 Å². The summed E-state index contributed by atoms with van der Waals surface area (Å²) in [5.74, 6) is 0.337. The number of carbonyl (C=O) groups excluding carboxylic acids is 1. The van der Waals surface area contributed by atoms with E-state index in [9.17, 15) is 4.79 Å². The molecule has 0 amide bonds. The molecule has 0 rings (SSSR count). The third kappa shape index (κ3) is 5.96. The highest BCUT2D eigenvalue weighted by Crippen LogP contribution is 2.09. The van der Waals surface area contributed by atoms with Crippen LogP contribution < -0.4 is 0 Å². The molecule has 0 spiro atoms. The van der Waals surface area contributed by atoms with Crippen LogP contribution in [-0.4, -0.2) is 12.1 Å². The number of hydrogen-bond donors (Lipinski definition) is 0. The zero-order valence-corrected chi connectivity index (χ0v) is 8.33. The van der Waals surface area contributed by atoms with Crippen molar-refractivity contribution in [3.8, 4) is 0 Å². The largest absolute Gasteiger partial charge is 0.458 e. The number of allylic oxidation sites excluding steroid dienone is 1. The molecule has 0 aliphatic heterocycles. The first kappa shape index (κ1) is 11.2. The summed E-state index contributed by atoms with van der Waals surface area (Å²) in [6.07, 6.45) is 4.67. The quantitative estimate of drug-likeness (QED) is 0.478. The number of ether oxygens (including phenoxy) is 1. The minimum Gasteiger partial charge on any atom is -0.458 e. The summed E-state index contributed by atoms with van der Waals surface area (Å²) in [5.41, 5.74) is 0. The van der Waals surface area contributed by atoms with Crippen molar-refractivity contribution in [2.45, 2.75) is 40.2 Å². The zero-order valence-electron chi connectivity index (χ0n) is 8.33. The number of esters is 1. The molecule has 0 aromatic rings. The lowest BCUT2D eigenvalue weighted by molar-refractivity contribution is -0.144. The SMILES string of the molecule is C/C=C/C(CC(C)C)OC(C)=O. The lowest BCUT2D eigenvalue weighted by Gasteiger charge is -2.14. The Hall–Kier alpha value is -0.790. The van der Waals surface area contributed by atoms with Gasteiger partial charge in [-0.15, -0.1) is 0 Å². The van der Waals surface area contributed by atoms with Crippen molar-refractivity contribution in [1.29, 1.82) is 0 Å². The summed E-state index contributed by atoms with van der Waals surface area (Å²) in [6, 6.07) is 0. The molecule has 0 saturated heterocycles. The van der Waals surface area contributed by atoms with Gasteiger partial charge in [-0.25, -0.2) is 0 Å². The second kappa shape index (κ2) is 5.81. The van der Waals surface area contributed by atoms with E-state index >= 15 is 0 Å². The third-order valence-corrected chi connectivity index (χ3v) is 1.43. The molecule has 2 heteroatoms. The summed E-state index contributed by atoms with van der Waals surface area (Å²) >= 11 is 0. The van der Waals surface area contributed by atoms with Gasteiger partial charge in [-0.3, -0.25) is 4.79 Å². The molecule has 0 aromatic carbocycles. The van der Waals surface area contributed by atoms with Gasteiger partial charge in [-0.1, -0.05) is 19.9 Å². The van der Waals surface area contributed by atoms with Gasteiger partial charge in [-0.05, 0) is 25.3 Å². The van der Waals surface area contributed by atoms with E-state index in [1.165, 1.54) is 6.92 Å². The highest BCUT2D eigenvalue weighted by molar-refractivity contribution is 5.66. The highest BCUT2D eigenvalue weighted by atomic mass is 16.5. The van der Waals surface area contributed by atoms with Gasteiger partial charge in [0.05, 0.1) is 0 Å². The Morgan fingerprint density at radius 1 is 1.50 bits per heavy atom. The van der Waals surface area contributed by atoms with Gasteiger partial charge in [-0.2, -0.15) is 0 Å². The van der Waals surface area contributed by atoms with Crippen molar-refractivity contribution in [3.05, 3.63) is 12.2 Å². The summed E-state index contributed by atoms with van der Waals surface area (Å²) in [5, 5.41) is 0. The summed E-state index contributed by atoms with van der Waals surface area (Å²) in [7, 11) is 0. The smallest absolute Gasteiger partial charge is 0.303 e. The van der Waals surface area contributed by atoms with E-state index in [2.05, 4.69) is 13.8 Å². The maximum Gasteiger partial charge on any atom is 0.303 e. The predicted molar refractivity (Wildman–Crippen MR) is 49.8 cm³/mol. The third-order valence-electron chi connectivity index (χ3n) is 1.43. The molecule has 0 heterocycles. The second-order valence-electron chi connectivity index (χ2n) is 3.30. The molecule has 0 N–H and O–H groups in total. The Morgan fingerprint density at radius 2 is 2.08 bits per heavy atom. The van der Waals surface area contributed by atoms with Crippen LogP contribution in [0.15, 0.2) is 12.2 Å². The average Bonchev–Trinajstić information content (AvgIpc) is 1.84. The van der Waals surface area contributed by atoms with Gasteiger partial charge in [0.1, 0.15) is 6.10 Å². The van der Waals surface area contributed by atoms with Crippen LogP contribution in [0.3, 0.4) is 0 Å². The van der Waals surface area contributed by atoms with Gasteiger partial charge in [0.2, 0.25) is 0 Å². The first-order valence-corrected chi connectivity index (χ1v) is 4.36. The Morgan fingerprint density at radius 3 is 2.42 bits per heavy atom. The summed E-state index contributed by atoms with van der Waals surface area (Å²) in [6.45, 7) is 7.59. The van der Waals surface area contributed by atoms with Crippen LogP contribution >= 0.6 is 0 Å². The Bertz CT molecular complexity index is 159. The maximum atomic E-state index is 10.7. The standard InChI is InChI=1S/C10H18O2/c1-5-6-10(7-8(2)3)12-9(4)11/h5-6,8,10H,7H2,1-4H3/b6-5+. The molecular weight excluding hydrogens is 152 g/mol. The molecule has 1 atom stereocenters. The minimum absolute atomic E-state index is 0.0486. The molecule has 12 heavy (non-hydrogen) atoms. The van der Waals surface area contributed by atoms with Crippen molar-refractivity contribution >= 4 is 5.97 Å². The number of rotatable bonds is 4. The van der Waals surface area contributed by atoms with Gasteiger partial charge >= 0.3 is 5.97 Å². The van der Waals surface area contributed by atoms with Crippen LogP contribution in [0.5, 0.6) is 0 Å². The van der Waals surface area contributed by atoms with Crippen molar-refractivity contribution in [2.24, 2.45) is 5.92 Å². The molecule has 1 unspecified atom stereocenters. The van der Waals surface area contributed by atoms with Gasteiger partial charge in [0.15, 0.2) is 0 Å². The first-order valence-electron chi connectivity index (χ1n) is 4.36. The monoisotopic (exact) mass is 170 g/mol. The average molecular weight is 170 g/mol. The van der Waals surface area contributed by atoms with Crippen LogP contribution in [0.2, 0.25) is 0 Å². The van der Waals surface area contributed by atoms with Gasteiger partial charge < -0.3 is 4.74 Å². The molecule has 0 aliphatic rings. The number of hydrogen-bond acceptors (Lipinski definition) is 2. The highest BCUT2D eigenvalue weighted by Gasteiger charge is 2.09. The maximum absolute atomic E-state index is 10.7. The second-order valence-corrected chi connectivity index (χ2v) is 3.30. The van der Waals surface area contributed by atoms with Crippen LogP contribution in [0.1, 0.15) is 34.1 Å². The van der Waals surface area contributed by atoms with Crippen LogP contribution in [-0.2, 0) is 9.53 Å². The fraction of sp³-hybridized carbons (Fsp3) is 0.700. The van der Waals surface area contributed by atoms with E-state index < -0.39 is 0 Å². The molecule has 0 aromatic heterocycles.